The number of carbonyl (C=O) groups is 2. The molecule has 6 nitrogen and oxygen atoms in total. The van der Waals surface area contributed by atoms with E-state index in [1.54, 1.807) is 28.9 Å². The molecule has 0 saturated carbocycles. The first-order valence-corrected chi connectivity index (χ1v) is 8.54. The molecule has 0 aliphatic carbocycles. The normalized spacial score (nSPS) is 15.0. The first kappa shape index (κ1) is 19.0. The van der Waals surface area contributed by atoms with E-state index in [4.69, 9.17) is 4.74 Å². The Morgan fingerprint density at radius 1 is 1.12 bits per heavy atom. The topological polar surface area (TPSA) is 61.9 Å². The SMILES string of the molecule is CCOC(=O)N1CCN(C(=O)NCC(C)(C)c2ccc(F)cc2)CC1. The second-order valence-electron chi connectivity index (χ2n) is 6.72. The van der Waals surface area contributed by atoms with Gasteiger partial charge in [-0.15, -0.1) is 0 Å². The highest BCUT2D eigenvalue weighted by Gasteiger charge is 2.27. The standard InChI is InChI=1S/C18H26FN3O3/c1-4-25-17(24)22-11-9-21(10-12-22)16(23)20-13-18(2,3)14-5-7-15(19)8-6-14/h5-8H,4,9-13H2,1-3H3,(H,20,23). The lowest BCUT2D eigenvalue weighted by Crippen LogP contribution is -2.54. The van der Waals surface area contributed by atoms with Crippen molar-refractivity contribution in [1.29, 1.82) is 0 Å². The van der Waals surface area contributed by atoms with Gasteiger partial charge in [0.2, 0.25) is 0 Å². The highest BCUT2D eigenvalue weighted by atomic mass is 19.1. The van der Waals surface area contributed by atoms with Gasteiger partial charge >= 0.3 is 12.1 Å². The Labute approximate surface area is 147 Å². The van der Waals surface area contributed by atoms with Gasteiger partial charge in [-0.1, -0.05) is 26.0 Å². The summed E-state index contributed by atoms with van der Waals surface area (Å²) in [5.41, 5.74) is 0.650. The molecule has 0 unspecified atom stereocenters. The number of benzene rings is 1. The molecule has 138 valence electrons. The van der Waals surface area contributed by atoms with Gasteiger partial charge in [0.15, 0.2) is 0 Å². The van der Waals surface area contributed by atoms with E-state index in [1.807, 2.05) is 13.8 Å². The van der Waals surface area contributed by atoms with Gasteiger partial charge in [-0.3, -0.25) is 0 Å². The summed E-state index contributed by atoms with van der Waals surface area (Å²) in [6, 6.07) is 6.17. The van der Waals surface area contributed by atoms with E-state index in [0.717, 1.165) is 5.56 Å². The molecule has 1 fully saturated rings. The summed E-state index contributed by atoms with van der Waals surface area (Å²) in [6.07, 6.45) is -0.333. The van der Waals surface area contributed by atoms with Crippen LogP contribution in [0.15, 0.2) is 24.3 Å². The number of urea groups is 1. The van der Waals surface area contributed by atoms with Crippen LogP contribution in [0.1, 0.15) is 26.3 Å². The zero-order valence-corrected chi connectivity index (χ0v) is 15.0. The quantitative estimate of drug-likeness (QED) is 0.907. The monoisotopic (exact) mass is 351 g/mol. The first-order valence-electron chi connectivity index (χ1n) is 8.54. The summed E-state index contributed by atoms with van der Waals surface area (Å²) in [5, 5.41) is 2.93. The fourth-order valence-electron chi connectivity index (χ4n) is 2.72. The van der Waals surface area contributed by atoms with Crippen LogP contribution in [0.2, 0.25) is 0 Å². The Morgan fingerprint density at radius 2 is 1.68 bits per heavy atom. The van der Waals surface area contributed by atoms with Crippen LogP contribution >= 0.6 is 0 Å². The molecule has 0 atom stereocenters. The van der Waals surface area contributed by atoms with Crippen LogP contribution in [0, 0.1) is 5.82 Å². The number of nitrogens with one attached hydrogen (secondary N) is 1. The zero-order chi connectivity index (χ0) is 18.4. The lowest BCUT2D eigenvalue weighted by Gasteiger charge is -2.35. The van der Waals surface area contributed by atoms with Crippen molar-refractivity contribution in [3.63, 3.8) is 0 Å². The minimum Gasteiger partial charge on any atom is -0.450 e. The number of halogens is 1. The number of amides is 3. The molecule has 1 aliphatic rings. The van der Waals surface area contributed by atoms with Gasteiger partial charge in [0, 0.05) is 38.1 Å². The third-order valence-corrected chi connectivity index (χ3v) is 4.40. The molecule has 0 aromatic heterocycles. The highest BCUT2D eigenvalue weighted by Crippen LogP contribution is 2.22. The summed E-state index contributed by atoms with van der Waals surface area (Å²) in [4.78, 5) is 27.3. The molecule has 1 aromatic carbocycles. The average Bonchev–Trinajstić information content (AvgIpc) is 2.60. The van der Waals surface area contributed by atoms with Gasteiger partial charge in [0.1, 0.15) is 5.82 Å². The largest absolute Gasteiger partial charge is 0.450 e. The van der Waals surface area contributed by atoms with Crippen LogP contribution in [-0.4, -0.2) is 61.3 Å². The van der Waals surface area contributed by atoms with Gasteiger partial charge in [-0.2, -0.15) is 0 Å². The van der Waals surface area contributed by atoms with Crippen LogP contribution in [0.25, 0.3) is 0 Å². The lowest BCUT2D eigenvalue weighted by atomic mass is 9.84. The Kier molecular flexibility index (Phi) is 6.22. The van der Waals surface area contributed by atoms with Crippen LogP contribution in [-0.2, 0) is 10.2 Å². The maximum Gasteiger partial charge on any atom is 0.409 e. The minimum absolute atomic E-state index is 0.154. The molecular weight excluding hydrogens is 325 g/mol. The summed E-state index contributed by atoms with van der Waals surface area (Å²) >= 11 is 0. The van der Waals surface area contributed by atoms with Crippen LogP contribution in [0.5, 0.6) is 0 Å². The molecule has 0 bridgehead atoms. The van der Waals surface area contributed by atoms with Gasteiger partial charge in [-0.25, -0.2) is 14.0 Å². The van der Waals surface area contributed by atoms with E-state index >= 15 is 0 Å². The third kappa shape index (κ3) is 5.08. The molecule has 1 saturated heterocycles. The van der Waals surface area contributed by atoms with Crippen molar-refractivity contribution in [2.75, 3.05) is 39.3 Å². The number of ether oxygens (including phenoxy) is 1. The van der Waals surface area contributed by atoms with Crippen LogP contribution < -0.4 is 5.32 Å². The number of piperazine rings is 1. The van der Waals surface area contributed by atoms with E-state index in [1.165, 1.54) is 12.1 Å². The molecule has 1 N–H and O–H groups in total. The van der Waals surface area contributed by atoms with Crippen LogP contribution in [0.4, 0.5) is 14.0 Å². The second kappa shape index (κ2) is 8.18. The van der Waals surface area contributed by atoms with Gasteiger partial charge in [0.25, 0.3) is 0 Å². The van der Waals surface area contributed by atoms with E-state index in [9.17, 15) is 14.0 Å². The zero-order valence-electron chi connectivity index (χ0n) is 15.0. The van der Waals surface area contributed by atoms with E-state index in [0.29, 0.717) is 39.3 Å². The van der Waals surface area contributed by atoms with Gasteiger partial charge in [0.05, 0.1) is 6.61 Å². The number of rotatable bonds is 4. The molecule has 1 aliphatic heterocycles. The Balaban J connectivity index is 1.82. The van der Waals surface area contributed by atoms with Gasteiger partial charge < -0.3 is 19.9 Å². The van der Waals surface area contributed by atoms with Crippen molar-refractivity contribution in [2.24, 2.45) is 0 Å². The molecule has 3 amide bonds. The molecular formula is C18H26FN3O3. The van der Waals surface area contributed by atoms with Crippen molar-refractivity contribution < 1.29 is 18.7 Å². The maximum absolute atomic E-state index is 13.1. The third-order valence-electron chi connectivity index (χ3n) is 4.40. The fraction of sp³-hybridized carbons (Fsp3) is 0.556. The maximum atomic E-state index is 13.1. The number of hydrogen-bond acceptors (Lipinski definition) is 3. The molecule has 0 radical (unpaired) electrons. The molecule has 1 heterocycles. The predicted octanol–water partition coefficient (Wildman–Crippen LogP) is 2.59. The smallest absolute Gasteiger partial charge is 0.409 e. The Hall–Kier alpha value is -2.31. The number of nitrogens with zero attached hydrogens (tertiary/aromatic N) is 2. The fourth-order valence-corrected chi connectivity index (χ4v) is 2.72. The molecule has 7 heteroatoms. The summed E-state index contributed by atoms with van der Waals surface area (Å²) in [7, 11) is 0. The molecule has 0 spiro atoms. The Bertz CT molecular complexity index is 596. The minimum atomic E-state index is -0.333. The molecule has 2 rings (SSSR count). The average molecular weight is 351 g/mol. The van der Waals surface area contributed by atoms with Crippen molar-refractivity contribution in [3.05, 3.63) is 35.6 Å². The Morgan fingerprint density at radius 3 is 2.24 bits per heavy atom. The first-order chi connectivity index (χ1) is 11.8. The predicted molar refractivity (Wildman–Crippen MR) is 93.0 cm³/mol. The van der Waals surface area contributed by atoms with Crippen molar-refractivity contribution in [2.45, 2.75) is 26.2 Å². The van der Waals surface area contributed by atoms with Crippen molar-refractivity contribution in [1.82, 2.24) is 15.1 Å². The second-order valence-corrected chi connectivity index (χ2v) is 6.72. The van der Waals surface area contributed by atoms with E-state index in [2.05, 4.69) is 5.32 Å². The van der Waals surface area contributed by atoms with Crippen molar-refractivity contribution >= 4 is 12.1 Å². The highest BCUT2D eigenvalue weighted by molar-refractivity contribution is 5.75. The summed E-state index contributed by atoms with van der Waals surface area (Å²) < 4.78 is 18.0. The van der Waals surface area contributed by atoms with E-state index < -0.39 is 0 Å². The summed E-state index contributed by atoms with van der Waals surface area (Å²) in [5.74, 6) is -0.275. The van der Waals surface area contributed by atoms with Crippen LogP contribution in [0.3, 0.4) is 0 Å². The molecule has 25 heavy (non-hydrogen) atoms. The van der Waals surface area contributed by atoms with Crippen molar-refractivity contribution in [3.8, 4) is 0 Å². The lowest BCUT2D eigenvalue weighted by molar-refractivity contribution is 0.0850. The summed E-state index contributed by atoms with van der Waals surface area (Å²) in [6.45, 7) is 8.43. The molecule has 1 aromatic rings. The van der Waals surface area contributed by atoms with E-state index in [-0.39, 0.29) is 23.4 Å². The number of hydrogen-bond donors (Lipinski definition) is 1. The number of carbonyl (C=O) groups excluding carboxylic acids is 2. The van der Waals surface area contributed by atoms with Gasteiger partial charge in [-0.05, 0) is 24.6 Å².